The van der Waals surface area contributed by atoms with Crippen molar-refractivity contribution in [3.05, 3.63) is 29.3 Å². The molecule has 1 aliphatic heterocycles. The van der Waals surface area contributed by atoms with Crippen LogP contribution in [-0.2, 0) is 0 Å². The summed E-state index contributed by atoms with van der Waals surface area (Å²) in [4.78, 5) is 22.9. The first-order valence-corrected chi connectivity index (χ1v) is 4.64. The third-order valence-corrected chi connectivity index (χ3v) is 2.47. The first-order valence-electron chi connectivity index (χ1n) is 4.64. The summed E-state index contributed by atoms with van der Waals surface area (Å²) in [6.45, 7) is 0. The predicted octanol–water partition coefficient (Wildman–Crippen LogP) is -0.148. The van der Waals surface area contributed by atoms with Crippen molar-refractivity contribution < 1.29 is 14.8 Å². The molecule has 0 saturated carbocycles. The molecule has 0 fully saturated rings. The third-order valence-electron chi connectivity index (χ3n) is 2.47. The van der Waals surface area contributed by atoms with E-state index in [0.717, 1.165) is 0 Å². The summed E-state index contributed by atoms with van der Waals surface area (Å²) in [7, 11) is 0. The van der Waals surface area contributed by atoms with Crippen LogP contribution in [-0.4, -0.2) is 42.7 Å². The summed E-state index contributed by atoms with van der Waals surface area (Å²) >= 11 is 0. The smallest absolute Gasteiger partial charge is 0.278 e. The molecule has 17 heavy (non-hydrogen) atoms. The average Bonchev–Trinajstić information content (AvgIpc) is 2.94. The number of imide groups is 1. The Balaban J connectivity index is 2.16. The lowest BCUT2D eigenvalue weighted by Crippen LogP contribution is -2.25. The second-order valence-corrected chi connectivity index (χ2v) is 3.42. The summed E-state index contributed by atoms with van der Waals surface area (Å²) < 4.78 is 0. The first-order chi connectivity index (χ1) is 8.18. The number of nitrogens with zero attached hydrogens (tertiary/aromatic N) is 4. The molecule has 0 saturated heterocycles. The number of benzene rings is 1. The molecule has 2 aromatic rings. The molecule has 8 nitrogen and oxygen atoms in total. The Morgan fingerprint density at radius 3 is 2.65 bits per heavy atom. The van der Waals surface area contributed by atoms with E-state index in [4.69, 9.17) is 0 Å². The van der Waals surface area contributed by atoms with E-state index in [1.54, 1.807) is 6.07 Å². The van der Waals surface area contributed by atoms with E-state index in [1.165, 1.54) is 12.1 Å². The predicted molar refractivity (Wildman–Crippen MR) is 51.9 cm³/mol. The minimum absolute atomic E-state index is 0.0880. The van der Waals surface area contributed by atoms with Crippen molar-refractivity contribution in [1.29, 1.82) is 0 Å². The van der Waals surface area contributed by atoms with Gasteiger partial charge in [0.25, 0.3) is 11.8 Å². The average molecular weight is 231 g/mol. The van der Waals surface area contributed by atoms with Crippen LogP contribution in [0.3, 0.4) is 0 Å². The topological polar surface area (TPSA) is 112 Å². The maximum atomic E-state index is 11.5. The summed E-state index contributed by atoms with van der Waals surface area (Å²) in [5, 5.41) is 22.5. The van der Waals surface area contributed by atoms with E-state index < -0.39 is 11.8 Å². The number of hydrogen-bond donors (Lipinski definition) is 2. The number of amides is 2. The molecule has 2 N–H and O–H groups in total. The fourth-order valence-electron chi connectivity index (χ4n) is 1.65. The molecular weight excluding hydrogens is 226 g/mol. The number of carbonyl (C=O) groups excluding carboxylic acids is 2. The summed E-state index contributed by atoms with van der Waals surface area (Å²) in [5.41, 5.74) is 0.818. The number of tetrazole rings is 1. The molecule has 8 heteroatoms. The maximum Gasteiger partial charge on any atom is 0.285 e. The number of rotatable bonds is 1. The number of H-pyrrole nitrogens is 1. The van der Waals surface area contributed by atoms with Crippen molar-refractivity contribution in [2.24, 2.45) is 0 Å². The van der Waals surface area contributed by atoms with Crippen molar-refractivity contribution in [3.8, 4) is 11.4 Å². The van der Waals surface area contributed by atoms with Gasteiger partial charge in [0.1, 0.15) is 0 Å². The molecule has 0 atom stereocenters. The Hall–Kier alpha value is -2.61. The van der Waals surface area contributed by atoms with Crippen LogP contribution in [0.2, 0.25) is 0 Å². The number of nitrogens with one attached hydrogen (secondary N) is 1. The molecule has 0 unspecified atom stereocenters. The number of hydroxylamine groups is 2. The highest BCUT2D eigenvalue weighted by atomic mass is 16.5. The SMILES string of the molecule is O=C1c2ccc(-c3nn[nH]n3)cc2C(=O)N1O. The van der Waals surface area contributed by atoms with Gasteiger partial charge in [0.05, 0.1) is 11.1 Å². The minimum atomic E-state index is -0.754. The van der Waals surface area contributed by atoms with E-state index in [-0.39, 0.29) is 16.2 Å². The Morgan fingerprint density at radius 2 is 1.94 bits per heavy atom. The van der Waals surface area contributed by atoms with Crippen LogP contribution in [0.15, 0.2) is 18.2 Å². The first kappa shape index (κ1) is 9.60. The van der Waals surface area contributed by atoms with Crippen LogP contribution in [0.25, 0.3) is 11.4 Å². The van der Waals surface area contributed by atoms with E-state index in [2.05, 4.69) is 20.6 Å². The van der Waals surface area contributed by atoms with E-state index in [0.29, 0.717) is 11.4 Å². The van der Waals surface area contributed by atoms with Crippen molar-refractivity contribution in [3.63, 3.8) is 0 Å². The lowest BCUT2D eigenvalue weighted by atomic mass is 10.1. The lowest BCUT2D eigenvalue weighted by molar-refractivity contribution is -0.0327. The number of aromatic nitrogens is 4. The van der Waals surface area contributed by atoms with Crippen LogP contribution in [0, 0.1) is 0 Å². The zero-order chi connectivity index (χ0) is 12.0. The zero-order valence-electron chi connectivity index (χ0n) is 8.28. The molecule has 84 valence electrons. The van der Waals surface area contributed by atoms with Gasteiger partial charge in [0.2, 0.25) is 5.82 Å². The standard InChI is InChI=1S/C9H5N5O3/c15-8-5-2-1-4(7-10-12-13-11-7)3-6(5)9(16)14(8)17/h1-3,17H,(H,10,11,12,13). The molecule has 0 bridgehead atoms. The van der Waals surface area contributed by atoms with E-state index in [1.807, 2.05) is 0 Å². The molecule has 2 heterocycles. The number of fused-ring (bicyclic) bond motifs is 1. The van der Waals surface area contributed by atoms with Gasteiger partial charge in [-0.2, -0.15) is 5.21 Å². The second-order valence-electron chi connectivity index (χ2n) is 3.42. The van der Waals surface area contributed by atoms with Crippen molar-refractivity contribution in [2.75, 3.05) is 0 Å². The maximum absolute atomic E-state index is 11.5. The van der Waals surface area contributed by atoms with E-state index in [9.17, 15) is 14.8 Å². The molecule has 0 aliphatic carbocycles. The van der Waals surface area contributed by atoms with Gasteiger partial charge in [-0.3, -0.25) is 14.8 Å². The molecule has 0 spiro atoms. The Labute approximate surface area is 93.8 Å². The van der Waals surface area contributed by atoms with Crippen molar-refractivity contribution in [2.45, 2.75) is 0 Å². The van der Waals surface area contributed by atoms with Gasteiger partial charge in [0.15, 0.2) is 0 Å². The molecule has 0 radical (unpaired) electrons. The third kappa shape index (κ3) is 1.24. The molecule has 1 aliphatic rings. The van der Waals surface area contributed by atoms with Crippen LogP contribution in [0.1, 0.15) is 20.7 Å². The molecule has 1 aromatic carbocycles. The van der Waals surface area contributed by atoms with E-state index >= 15 is 0 Å². The van der Waals surface area contributed by atoms with Gasteiger partial charge in [0, 0.05) is 5.56 Å². The number of aromatic amines is 1. The highest BCUT2D eigenvalue weighted by Crippen LogP contribution is 2.25. The van der Waals surface area contributed by atoms with Gasteiger partial charge in [-0.15, -0.1) is 15.3 Å². The Bertz CT molecular complexity index is 622. The van der Waals surface area contributed by atoms with Crippen molar-refractivity contribution in [1.82, 2.24) is 25.7 Å². The van der Waals surface area contributed by atoms with Gasteiger partial charge in [-0.05, 0) is 17.3 Å². The molecule has 2 amide bonds. The Kier molecular flexibility index (Phi) is 1.80. The Morgan fingerprint density at radius 1 is 1.18 bits per heavy atom. The van der Waals surface area contributed by atoms with Crippen LogP contribution in [0.4, 0.5) is 0 Å². The van der Waals surface area contributed by atoms with Gasteiger partial charge >= 0.3 is 0 Å². The zero-order valence-corrected chi connectivity index (χ0v) is 8.28. The van der Waals surface area contributed by atoms with Gasteiger partial charge < -0.3 is 0 Å². The fraction of sp³-hybridized carbons (Fsp3) is 0. The second kappa shape index (κ2) is 3.19. The van der Waals surface area contributed by atoms with Crippen LogP contribution < -0.4 is 0 Å². The quantitative estimate of drug-likeness (QED) is 0.521. The van der Waals surface area contributed by atoms with Crippen molar-refractivity contribution >= 4 is 11.8 Å². The van der Waals surface area contributed by atoms with Gasteiger partial charge in [-0.25, -0.2) is 0 Å². The normalized spacial score (nSPS) is 14.3. The van der Waals surface area contributed by atoms with Gasteiger partial charge in [-0.1, -0.05) is 6.07 Å². The van der Waals surface area contributed by atoms with Crippen LogP contribution in [0.5, 0.6) is 0 Å². The summed E-state index contributed by atoms with van der Waals surface area (Å²) in [5.74, 6) is -1.18. The number of carbonyl (C=O) groups is 2. The molecule has 3 rings (SSSR count). The van der Waals surface area contributed by atoms with Crippen LogP contribution >= 0.6 is 0 Å². The fourth-order valence-corrected chi connectivity index (χ4v) is 1.65. The largest absolute Gasteiger partial charge is 0.285 e. The summed E-state index contributed by atoms with van der Waals surface area (Å²) in [6, 6.07) is 4.46. The summed E-state index contributed by atoms with van der Waals surface area (Å²) in [6.07, 6.45) is 0. The number of hydrogen-bond acceptors (Lipinski definition) is 6. The molecule has 1 aromatic heterocycles. The highest BCUT2D eigenvalue weighted by Gasteiger charge is 2.35. The lowest BCUT2D eigenvalue weighted by Gasteiger charge is -1.99. The highest BCUT2D eigenvalue weighted by molar-refractivity contribution is 6.20. The minimum Gasteiger partial charge on any atom is -0.278 e. The monoisotopic (exact) mass is 231 g/mol. The molecular formula is C9H5N5O3.